The highest BCUT2D eigenvalue weighted by Crippen LogP contribution is 2.09. The summed E-state index contributed by atoms with van der Waals surface area (Å²) in [5.41, 5.74) is 1.34. The zero-order valence-corrected chi connectivity index (χ0v) is 14.0. The fourth-order valence-corrected chi connectivity index (χ4v) is 3.01. The van der Waals surface area contributed by atoms with Crippen molar-refractivity contribution in [2.45, 2.75) is 20.0 Å². The summed E-state index contributed by atoms with van der Waals surface area (Å²) >= 11 is 0. The molecule has 0 unspecified atom stereocenters. The van der Waals surface area contributed by atoms with E-state index in [1.54, 1.807) is 0 Å². The maximum Gasteiger partial charge on any atom is 0.264 e. The first-order chi connectivity index (χ1) is 11.1. The van der Waals surface area contributed by atoms with Crippen LogP contribution in [0.4, 0.5) is 0 Å². The average Bonchev–Trinajstić information content (AvgIpc) is 2.88. The van der Waals surface area contributed by atoms with Gasteiger partial charge in [0.25, 0.3) is 11.7 Å². The van der Waals surface area contributed by atoms with Gasteiger partial charge in [-0.15, -0.1) is 0 Å². The number of amides is 1. The molecule has 1 aromatic carbocycles. The van der Waals surface area contributed by atoms with Crippen molar-refractivity contribution >= 4 is 5.91 Å². The topological polar surface area (TPSA) is 32.4 Å². The molecule has 122 valence electrons. The molecule has 0 N–H and O–H groups in total. The predicted molar refractivity (Wildman–Crippen MR) is 88.6 cm³/mol. The summed E-state index contributed by atoms with van der Waals surface area (Å²) in [5.74, 6) is 1.31. The monoisotopic (exact) mass is 313 g/mol. The van der Waals surface area contributed by atoms with Gasteiger partial charge >= 0.3 is 0 Å². The Kier molecular flexibility index (Phi) is 4.76. The Hall–Kier alpha value is -2.14. The van der Waals surface area contributed by atoms with E-state index in [0.29, 0.717) is 6.54 Å². The van der Waals surface area contributed by atoms with E-state index in [1.807, 2.05) is 46.5 Å². The standard InChI is InChI=1S/C18H25N4O/c1-16-19(2)8-11-22(16)15-18(23)21-12-9-20(10-13-21)14-17-6-4-3-5-7-17/h3-8,11H,9-10,12-15H2,1-2H3/q+1. The third-order valence-electron chi connectivity index (χ3n) is 4.68. The van der Waals surface area contributed by atoms with Crippen LogP contribution in [0.25, 0.3) is 0 Å². The van der Waals surface area contributed by atoms with Gasteiger partial charge in [-0.2, -0.15) is 0 Å². The third kappa shape index (κ3) is 3.79. The van der Waals surface area contributed by atoms with Gasteiger partial charge in [0, 0.05) is 39.6 Å². The van der Waals surface area contributed by atoms with Gasteiger partial charge in [0.1, 0.15) is 12.4 Å². The maximum atomic E-state index is 12.5. The molecule has 2 aromatic rings. The van der Waals surface area contributed by atoms with Crippen LogP contribution in [-0.4, -0.2) is 46.5 Å². The zero-order valence-electron chi connectivity index (χ0n) is 14.0. The SMILES string of the molecule is Cc1n(CC(=O)N2CCN(Cc3ccccc3)CC2)cc[n+]1C. The van der Waals surface area contributed by atoms with E-state index in [1.165, 1.54) is 5.56 Å². The number of carbonyl (C=O) groups excluding carboxylic acids is 1. The van der Waals surface area contributed by atoms with E-state index in [0.717, 1.165) is 38.5 Å². The molecule has 1 saturated heterocycles. The average molecular weight is 313 g/mol. The summed E-state index contributed by atoms with van der Waals surface area (Å²) in [6.45, 7) is 6.96. The Morgan fingerprint density at radius 2 is 1.83 bits per heavy atom. The van der Waals surface area contributed by atoms with Crippen LogP contribution in [0.2, 0.25) is 0 Å². The quantitative estimate of drug-likeness (QED) is 0.788. The molecule has 0 spiro atoms. The van der Waals surface area contributed by atoms with E-state index < -0.39 is 0 Å². The Morgan fingerprint density at radius 3 is 2.43 bits per heavy atom. The van der Waals surface area contributed by atoms with E-state index in [-0.39, 0.29) is 5.91 Å². The number of aryl methyl sites for hydroxylation is 1. The first kappa shape index (κ1) is 15.7. The molecule has 0 radical (unpaired) electrons. The lowest BCUT2D eigenvalue weighted by atomic mass is 10.2. The minimum absolute atomic E-state index is 0.212. The van der Waals surface area contributed by atoms with Gasteiger partial charge in [0.05, 0.1) is 7.05 Å². The molecule has 23 heavy (non-hydrogen) atoms. The normalized spacial score (nSPS) is 15.8. The number of benzene rings is 1. The summed E-state index contributed by atoms with van der Waals surface area (Å²) in [7, 11) is 2.00. The second-order valence-electron chi connectivity index (χ2n) is 6.23. The van der Waals surface area contributed by atoms with Crippen molar-refractivity contribution in [1.29, 1.82) is 0 Å². The highest BCUT2D eigenvalue weighted by atomic mass is 16.2. The van der Waals surface area contributed by atoms with Gasteiger partial charge in [0.2, 0.25) is 0 Å². The molecule has 3 rings (SSSR count). The van der Waals surface area contributed by atoms with Crippen molar-refractivity contribution in [3.63, 3.8) is 0 Å². The lowest BCUT2D eigenvalue weighted by Crippen LogP contribution is -2.49. The number of imidazole rings is 1. The van der Waals surface area contributed by atoms with Crippen molar-refractivity contribution in [2.75, 3.05) is 26.2 Å². The van der Waals surface area contributed by atoms with Crippen molar-refractivity contribution in [3.8, 4) is 0 Å². The van der Waals surface area contributed by atoms with Gasteiger partial charge in [-0.1, -0.05) is 30.3 Å². The fourth-order valence-electron chi connectivity index (χ4n) is 3.01. The van der Waals surface area contributed by atoms with E-state index in [2.05, 4.69) is 29.2 Å². The number of carbonyl (C=O) groups is 1. The molecule has 1 aromatic heterocycles. The smallest absolute Gasteiger partial charge is 0.264 e. The number of piperazine rings is 1. The van der Waals surface area contributed by atoms with E-state index in [9.17, 15) is 4.79 Å². The summed E-state index contributed by atoms with van der Waals surface area (Å²) < 4.78 is 4.05. The van der Waals surface area contributed by atoms with Crippen LogP contribution in [0.5, 0.6) is 0 Å². The molecular weight excluding hydrogens is 288 g/mol. The highest BCUT2D eigenvalue weighted by Gasteiger charge is 2.23. The van der Waals surface area contributed by atoms with Crippen LogP contribution in [0.15, 0.2) is 42.7 Å². The number of hydrogen-bond acceptors (Lipinski definition) is 2. The highest BCUT2D eigenvalue weighted by molar-refractivity contribution is 5.76. The first-order valence-corrected chi connectivity index (χ1v) is 8.19. The summed E-state index contributed by atoms with van der Waals surface area (Å²) in [4.78, 5) is 16.9. The zero-order chi connectivity index (χ0) is 16.2. The van der Waals surface area contributed by atoms with Crippen molar-refractivity contribution in [3.05, 3.63) is 54.1 Å². The van der Waals surface area contributed by atoms with Crippen LogP contribution in [0.3, 0.4) is 0 Å². The molecule has 5 heteroatoms. The number of aromatic nitrogens is 2. The molecule has 0 saturated carbocycles. The van der Waals surface area contributed by atoms with Crippen LogP contribution in [-0.2, 0) is 24.9 Å². The minimum Gasteiger partial charge on any atom is -0.337 e. The van der Waals surface area contributed by atoms with Crippen molar-refractivity contribution in [1.82, 2.24) is 14.4 Å². The van der Waals surface area contributed by atoms with Gasteiger partial charge < -0.3 is 4.90 Å². The van der Waals surface area contributed by atoms with Gasteiger partial charge in [0.15, 0.2) is 6.54 Å². The predicted octanol–water partition coefficient (Wildman–Crippen LogP) is 0.965. The van der Waals surface area contributed by atoms with E-state index in [4.69, 9.17) is 0 Å². The Bertz CT molecular complexity index is 657. The lowest BCUT2D eigenvalue weighted by molar-refractivity contribution is -0.677. The fraction of sp³-hybridized carbons (Fsp3) is 0.444. The summed E-state index contributed by atoms with van der Waals surface area (Å²) in [6, 6.07) is 10.5. The molecule has 2 heterocycles. The van der Waals surface area contributed by atoms with Crippen LogP contribution in [0.1, 0.15) is 11.4 Å². The molecule has 1 amide bonds. The van der Waals surface area contributed by atoms with Crippen LogP contribution < -0.4 is 4.57 Å². The van der Waals surface area contributed by atoms with Crippen molar-refractivity contribution < 1.29 is 9.36 Å². The lowest BCUT2D eigenvalue weighted by Gasteiger charge is -2.34. The molecule has 1 aliphatic heterocycles. The van der Waals surface area contributed by atoms with Crippen LogP contribution in [0, 0.1) is 6.92 Å². The van der Waals surface area contributed by atoms with Crippen molar-refractivity contribution in [2.24, 2.45) is 7.05 Å². The molecular formula is C18H25N4O+. The Labute approximate surface area is 137 Å². The second-order valence-corrected chi connectivity index (χ2v) is 6.23. The Morgan fingerprint density at radius 1 is 1.13 bits per heavy atom. The van der Waals surface area contributed by atoms with E-state index >= 15 is 0 Å². The van der Waals surface area contributed by atoms with Crippen LogP contribution >= 0.6 is 0 Å². The number of hydrogen-bond donors (Lipinski definition) is 0. The summed E-state index contributed by atoms with van der Waals surface area (Å²) in [6.07, 6.45) is 3.96. The van der Waals surface area contributed by atoms with Gasteiger partial charge in [-0.05, 0) is 5.56 Å². The molecule has 5 nitrogen and oxygen atoms in total. The number of rotatable bonds is 4. The Balaban J connectivity index is 1.50. The second kappa shape index (κ2) is 6.96. The minimum atomic E-state index is 0.212. The third-order valence-corrected chi connectivity index (χ3v) is 4.68. The summed E-state index contributed by atoms with van der Waals surface area (Å²) in [5, 5.41) is 0. The van der Waals surface area contributed by atoms with Gasteiger partial charge in [-0.3, -0.25) is 9.69 Å². The number of nitrogens with zero attached hydrogens (tertiary/aromatic N) is 4. The molecule has 0 bridgehead atoms. The molecule has 1 aliphatic rings. The first-order valence-electron chi connectivity index (χ1n) is 8.19. The molecule has 0 aliphatic carbocycles. The molecule has 0 atom stereocenters. The maximum absolute atomic E-state index is 12.5. The molecule has 1 fully saturated rings. The largest absolute Gasteiger partial charge is 0.337 e. The van der Waals surface area contributed by atoms with Gasteiger partial charge in [-0.25, -0.2) is 9.13 Å².